The summed E-state index contributed by atoms with van der Waals surface area (Å²) < 4.78 is 0. The predicted octanol–water partition coefficient (Wildman–Crippen LogP) is 3.18. The lowest BCUT2D eigenvalue weighted by Gasteiger charge is -2.33. The van der Waals surface area contributed by atoms with Gasteiger partial charge in [-0.05, 0) is 64.4 Å². The van der Waals surface area contributed by atoms with E-state index in [1.54, 1.807) is 0 Å². The van der Waals surface area contributed by atoms with Gasteiger partial charge in [-0.25, -0.2) is 0 Å². The monoisotopic (exact) mass is 311 g/mol. The Balaban J connectivity index is 1.61. The van der Waals surface area contributed by atoms with Gasteiger partial charge in [-0.2, -0.15) is 0 Å². The SMILES string of the molecule is Cc1ccc2[nH]c(C(=O)N3CCCC3C3CCCN3C)cc2c1. The van der Waals surface area contributed by atoms with Crippen LogP contribution in [0.1, 0.15) is 41.7 Å². The highest BCUT2D eigenvalue weighted by Crippen LogP contribution is 2.30. The highest BCUT2D eigenvalue weighted by molar-refractivity contribution is 5.98. The normalized spacial score (nSPS) is 25.6. The number of nitrogens with one attached hydrogen (secondary N) is 1. The van der Waals surface area contributed by atoms with Crippen LogP contribution in [0, 0.1) is 6.92 Å². The van der Waals surface area contributed by atoms with Gasteiger partial charge in [-0.15, -0.1) is 0 Å². The third-order valence-electron chi connectivity index (χ3n) is 5.59. The Labute approximate surface area is 137 Å². The van der Waals surface area contributed by atoms with E-state index in [0.717, 1.165) is 42.5 Å². The lowest BCUT2D eigenvalue weighted by atomic mass is 10.0. The maximum atomic E-state index is 13.1. The number of rotatable bonds is 2. The maximum Gasteiger partial charge on any atom is 0.270 e. The van der Waals surface area contributed by atoms with Crippen molar-refractivity contribution in [2.45, 2.75) is 44.7 Å². The van der Waals surface area contributed by atoms with Crippen LogP contribution in [0.5, 0.6) is 0 Å². The molecule has 2 aliphatic heterocycles. The molecular formula is C19H25N3O. The summed E-state index contributed by atoms with van der Waals surface area (Å²) in [5.74, 6) is 0.168. The summed E-state index contributed by atoms with van der Waals surface area (Å²) in [6.07, 6.45) is 4.74. The van der Waals surface area contributed by atoms with Gasteiger partial charge in [-0.3, -0.25) is 4.79 Å². The van der Waals surface area contributed by atoms with Gasteiger partial charge in [0.2, 0.25) is 0 Å². The van der Waals surface area contributed by atoms with E-state index in [4.69, 9.17) is 0 Å². The summed E-state index contributed by atoms with van der Waals surface area (Å²) >= 11 is 0. The molecule has 4 rings (SSSR count). The van der Waals surface area contributed by atoms with Crippen LogP contribution in [-0.4, -0.2) is 52.9 Å². The van der Waals surface area contributed by atoms with Crippen molar-refractivity contribution in [3.05, 3.63) is 35.5 Å². The maximum absolute atomic E-state index is 13.1. The van der Waals surface area contributed by atoms with E-state index in [1.807, 2.05) is 6.07 Å². The highest BCUT2D eigenvalue weighted by Gasteiger charge is 2.38. The summed E-state index contributed by atoms with van der Waals surface area (Å²) in [6, 6.07) is 9.20. The quantitative estimate of drug-likeness (QED) is 0.925. The number of aromatic amines is 1. The van der Waals surface area contributed by atoms with E-state index >= 15 is 0 Å². The minimum absolute atomic E-state index is 0.168. The van der Waals surface area contributed by atoms with Crippen molar-refractivity contribution in [3.8, 4) is 0 Å². The van der Waals surface area contributed by atoms with E-state index < -0.39 is 0 Å². The molecule has 1 amide bonds. The van der Waals surface area contributed by atoms with E-state index in [9.17, 15) is 4.79 Å². The first kappa shape index (κ1) is 14.8. The molecule has 0 saturated carbocycles. The molecule has 23 heavy (non-hydrogen) atoms. The minimum Gasteiger partial charge on any atom is -0.351 e. The predicted molar refractivity (Wildman–Crippen MR) is 92.7 cm³/mol. The van der Waals surface area contributed by atoms with Crippen LogP contribution in [0.4, 0.5) is 0 Å². The Bertz CT molecular complexity index is 735. The molecule has 2 saturated heterocycles. The van der Waals surface area contributed by atoms with E-state index in [-0.39, 0.29) is 5.91 Å². The molecule has 2 atom stereocenters. The van der Waals surface area contributed by atoms with E-state index in [1.165, 1.54) is 18.4 Å². The fraction of sp³-hybridized carbons (Fsp3) is 0.526. The zero-order chi connectivity index (χ0) is 16.0. The second-order valence-electron chi connectivity index (χ2n) is 7.17. The first-order chi connectivity index (χ1) is 11.1. The van der Waals surface area contributed by atoms with Crippen molar-refractivity contribution >= 4 is 16.8 Å². The lowest BCUT2D eigenvalue weighted by molar-refractivity contribution is 0.0659. The van der Waals surface area contributed by atoms with Gasteiger partial charge in [0.05, 0.1) is 0 Å². The number of hydrogen-bond donors (Lipinski definition) is 1. The first-order valence-corrected chi connectivity index (χ1v) is 8.74. The number of hydrogen-bond acceptors (Lipinski definition) is 2. The zero-order valence-corrected chi connectivity index (χ0v) is 14.0. The molecule has 0 bridgehead atoms. The molecule has 3 heterocycles. The average molecular weight is 311 g/mol. The van der Waals surface area contributed by atoms with Gasteiger partial charge in [0.25, 0.3) is 5.91 Å². The molecular weight excluding hydrogens is 286 g/mol. The number of likely N-dealkylation sites (N-methyl/N-ethyl adjacent to an activating group) is 1. The Morgan fingerprint density at radius 1 is 1.13 bits per heavy atom. The number of aromatic nitrogens is 1. The van der Waals surface area contributed by atoms with Crippen molar-refractivity contribution < 1.29 is 4.79 Å². The van der Waals surface area contributed by atoms with Crippen molar-refractivity contribution in [2.75, 3.05) is 20.1 Å². The Kier molecular flexibility index (Phi) is 3.64. The summed E-state index contributed by atoms with van der Waals surface area (Å²) in [5, 5.41) is 1.13. The second-order valence-corrected chi connectivity index (χ2v) is 7.17. The van der Waals surface area contributed by atoms with Crippen LogP contribution in [0.3, 0.4) is 0 Å². The fourth-order valence-corrected chi connectivity index (χ4v) is 4.39. The lowest BCUT2D eigenvalue weighted by Crippen LogP contribution is -2.47. The Morgan fingerprint density at radius 3 is 2.70 bits per heavy atom. The number of aryl methyl sites for hydroxylation is 1. The smallest absolute Gasteiger partial charge is 0.270 e. The van der Waals surface area contributed by atoms with Crippen molar-refractivity contribution in [1.29, 1.82) is 0 Å². The molecule has 1 N–H and O–H groups in total. The molecule has 122 valence electrons. The number of fused-ring (bicyclic) bond motifs is 1. The van der Waals surface area contributed by atoms with Crippen LogP contribution in [0.25, 0.3) is 10.9 Å². The fourth-order valence-electron chi connectivity index (χ4n) is 4.39. The topological polar surface area (TPSA) is 39.3 Å². The zero-order valence-electron chi connectivity index (χ0n) is 14.0. The van der Waals surface area contributed by atoms with Crippen LogP contribution >= 0.6 is 0 Å². The molecule has 2 unspecified atom stereocenters. The van der Waals surface area contributed by atoms with Gasteiger partial charge in [-0.1, -0.05) is 11.6 Å². The number of amides is 1. The summed E-state index contributed by atoms with van der Waals surface area (Å²) in [7, 11) is 2.20. The van der Waals surface area contributed by atoms with Crippen LogP contribution in [0.15, 0.2) is 24.3 Å². The molecule has 4 nitrogen and oxygen atoms in total. The molecule has 2 aromatic rings. The largest absolute Gasteiger partial charge is 0.351 e. The summed E-state index contributed by atoms with van der Waals surface area (Å²) in [4.78, 5) is 20.9. The molecule has 2 aliphatic rings. The summed E-state index contributed by atoms with van der Waals surface area (Å²) in [5.41, 5.74) is 3.01. The van der Waals surface area contributed by atoms with Gasteiger partial charge in [0, 0.05) is 29.5 Å². The molecule has 0 aliphatic carbocycles. The Hall–Kier alpha value is -1.81. The number of benzene rings is 1. The number of likely N-dealkylation sites (tertiary alicyclic amines) is 2. The number of nitrogens with zero attached hydrogens (tertiary/aromatic N) is 2. The van der Waals surface area contributed by atoms with Crippen LogP contribution in [0.2, 0.25) is 0 Å². The molecule has 1 aromatic carbocycles. The molecule has 1 aromatic heterocycles. The van der Waals surface area contributed by atoms with Gasteiger partial charge >= 0.3 is 0 Å². The van der Waals surface area contributed by atoms with Gasteiger partial charge in [0.15, 0.2) is 0 Å². The molecule has 0 radical (unpaired) electrons. The molecule has 2 fully saturated rings. The van der Waals surface area contributed by atoms with Crippen molar-refractivity contribution in [1.82, 2.24) is 14.8 Å². The first-order valence-electron chi connectivity index (χ1n) is 8.74. The molecule has 4 heteroatoms. The third-order valence-corrected chi connectivity index (χ3v) is 5.59. The standard InChI is InChI=1S/C19H25N3O/c1-13-7-8-15-14(11-13)12-16(20-15)19(23)22-10-4-6-18(22)17-5-3-9-21(17)2/h7-8,11-12,17-18,20H,3-6,9-10H2,1-2H3. The van der Waals surface area contributed by atoms with Crippen molar-refractivity contribution in [3.63, 3.8) is 0 Å². The third kappa shape index (κ3) is 2.55. The van der Waals surface area contributed by atoms with Crippen LogP contribution in [-0.2, 0) is 0 Å². The Morgan fingerprint density at radius 2 is 1.91 bits per heavy atom. The van der Waals surface area contributed by atoms with Crippen molar-refractivity contribution in [2.24, 2.45) is 0 Å². The summed E-state index contributed by atoms with van der Waals surface area (Å²) in [6.45, 7) is 4.14. The number of carbonyl (C=O) groups excluding carboxylic acids is 1. The number of H-pyrrole nitrogens is 1. The van der Waals surface area contributed by atoms with Gasteiger partial charge < -0.3 is 14.8 Å². The molecule has 0 spiro atoms. The average Bonchev–Trinajstić information content (AvgIpc) is 3.23. The minimum atomic E-state index is 0.168. The van der Waals surface area contributed by atoms with E-state index in [2.05, 4.69) is 47.0 Å². The number of carbonyl (C=O) groups is 1. The second kappa shape index (κ2) is 5.68. The van der Waals surface area contributed by atoms with E-state index in [0.29, 0.717) is 12.1 Å². The highest BCUT2D eigenvalue weighted by atomic mass is 16.2. The van der Waals surface area contributed by atoms with Crippen LogP contribution < -0.4 is 0 Å². The van der Waals surface area contributed by atoms with Gasteiger partial charge in [0.1, 0.15) is 5.69 Å².